The van der Waals surface area contributed by atoms with Crippen LogP contribution in [0.3, 0.4) is 0 Å². The van der Waals surface area contributed by atoms with Gasteiger partial charge in [0.2, 0.25) is 10.0 Å². The zero-order chi connectivity index (χ0) is 20.4. The highest BCUT2D eigenvalue weighted by Gasteiger charge is 2.27. The van der Waals surface area contributed by atoms with Crippen molar-refractivity contribution in [1.29, 1.82) is 0 Å². The summed E-state index contributed by atoms with van der Waals surface area (Å²) in [5.74, 6) is -2.37. The molecule has 27 heavy (non-hydrogen) atoms. The second-order valence-electron chi connectivity index (χ2n) is 5.97. The molecule has 0 N–H and O–H groups in total. The van der Waals surface area contributed by atoms with Crippen LogP contribution in [-0.2, 0) is 21.8 Å². The molecule has 1 unspecified atom stereocenters. The Labute approximate surface area is 157 Å². The van der Waals surface area contributed by atoms with E-state index >= 15 is 0 Å². The van der Waals surface area contributed by atoms with Gasteiger partial charge in [-0.3, -0.25) is 0 Å². The number of aryl methyl sites for hydroxylation is 1. The van der Waals surface area contributed by atoms with E-state index in [4.69, 9.17) is 4.74 Å². The summed E-state index contributed by atoms with van der Waals surface area (Å²) in [4.78, 5) is 12.4. The van der Waals surface area contributed by atoms with Gasteiger partial charge in [0.1, 0.15) is 28.3 Å². The van der Waals surface area contributed by atoms with Crippen molar-refractivity contribution >= 4 is 16.0 Å². The van der Waals surface area contributed by atoms with Crippen molar-refractivity contribution in [2.75, 3.05) is 13.1 Å². The summed E-state index contributed by atoms with van der Waals surface area (Å²) in [6.07, 6.45) is 0.351. The molecule has 0 aliphatic heterocycles. The first-order valence-electron chi connectivity index (χ1n) is 8.44. The molecule has 0 aliphatic carbocycles. The molecule has 0 radical (unpaired) electrons. The fraction of sp³-hybridized carbons (Fsp3) is 0.389. The predicted molar refractivity (Wildman–Crippen MR) is 95.7 cm³/mol. The molecule has 0 saturated heterocycles. The Bertz CT molecular complexity index is 937. The van der Waals surface area contributed by atoms with E-state index in [1.807, 2.05) is 0 Å². The highest BCUT2D eigenvalue weighted by atomic mass is 32.2. The summed E-state index contributed by atoms with van der Waals surface area (Å²) < 4.78 is 59.9. The number of sulfonamides is 1. The molecular weight excluding hydrogens is 378 g/mol. The van der Waals surface area contributed by atoms with E-state index in [0.717, 1.165) is 6.07 Å². The Balaban J connectivity index is 2.26. The number of halogens is 2. The lowest BCUT2D eigenvalue weighted by Crippen LogP contribution is -2.30. The number of aromatic nitrogens is 1. The number of benzene rings is 1. The van der Waals surface area contributed by atoms with E-state index in [0.29, 0.717) is 19.2 Å². The molecule has 0 spiro atoms. The molecule has 2 rings (SSSR count). The third kappa shape index (κ3) is 4.36. The van der Waals surface area contributed by atoms with Gasteiger partial charge in [0.25, 0.3) is 0 Å². The lowest BCUT2D eigenvalue weighted by atomic mass is 10.1. The van der Waals surface area contributed by atoms with Crippen LogP contribution in [0.5, 0.6) is 0 Å². The summed E-state index contributed by atoms with van der Waals surface area (Å²) >= 11 is 0. The van der Waals surface area contributed by atoms with Crippen molar-refractivity contribution < 1.29 is 26.7 Å². The molecule has 0 bridgehead atoms. The molecule has 1 atom stereocenters. The van der Waals surface area contributed by atoms with Crippen LogP contribution in [-0.4, -0.2) is 36.3 Å². The van der Waals surface area contributed by atoms with Crippen LogP contribution in [0.1, 0.15) is 42.9 Å². The van der Waals surface area contributed by atoms with Gasteiger partial charge in [0.05, 0.1) is 0 Å². The largest absolute Gasteiger partial charge is 0.453 e. The number of esters is 1. The predicted octanol–water partition coefficient (Wildman–Crippen LogP) is 3.25. The van der Waals surface area contributed by atoms with Crippen molar-refractivity contribution in [3.63, 3.8) is 0 Å². The molecule has 148 valence electrons. The maximum absolute atomic E-state index is 13.8. The van der Waals surface area contributed by atoms with E-state index in [1.165, 1.54) is 41.2 Å². The second-order valence-corrected chi connectivity index (χ2v) is 7.91. The third-order valence-electron chi connectivity index (χ3n) is 4.22. The molecule has 1 aromatic carbocycles. The Hall–Kier alpha value is -2.26. The van der Waals surface area contributed by atoms with E-state index in [2.05, 4.69) is 0 Å². The molecule has 0 aliphatic rings. The van der Waals surface area contributed by atoms with Crippen molar-refractivity contribution in [3.05, 3.63) is 53.4 Å². The van der Waals surface area contributed by atoms with E-state index in [1.54, 1.807) is 13.8 Å². The van der Waals surface area contributed by atoms with Gasteiger partial charge in [-0.2, -0.15) is 4.31 Å². The van der Waals surface area contributed by atoms with Crippen LogP contribution in [0, 0.1) is 11.6 Å². The first kappa shape index (κ1) is 21.0. The number of hydrogen-bond donors (Lipinski definition) is 0. The van der Waals surface area contributed by atoms with Gasteiger partial charge in [-0.05, 0) is 25.1 Å². The highest BCUT2D eigenvalue weighted by molar-refractivity contribution is 7.89. The van der Waals surface area contributed by atoms with Crippen molar-refractivity contribution in [2.45, 2.75) is 31.8 Å². The summed E-state index contributed by atoms with van der Waals surface area (Å²) in [5, 5.41) is 0. The van der Waals surface area contributed by atoms with Crippen LogP contribution in [0.15, 0.2) is 35.4 Å². The first-order chi connectivity index (χ1) is 12.6. The van der Waals surface area contributed by atoms with Crippen LogP contribution in [0.4, 0.5) is 8.78 Å². The van der Waals surface area contributed by atoms with Crippen LogP contribution in [0.25, 0.3) is 0 Å². The zero-order valence-electron chi connectivity index (χ0n) is 15.6. The lowest BCUT2D eigenvalue weighted by Gasteiger charge is -2.17. The Morgan fingerprint density at radius 1 is 1.22 bits per heavy atom. The molecule has 6 nitrogen and oxygen atoms in total. The van der Waals surface area contributed by atoms with Crippen molar-refractivity contribution in [1.82, 2.24) is 8.87 Å². The Morgan fingerprint density at radius 3 is 2.41 bits per heavy atom. The number of ether oxygens (including phenoxy) is 1. The smallest absolute Gasteiger partial charge is 0.355 e. The normalized spacial score (nSPS) is 13.0. The SMILES string of the molecule is CCN(CC)S(=O)(=O)c1cc(C(=O)OC(C)c2ccc(F)cc2F)n(C)c1. The van der Waals surface area contributed by atoms with E-state index in [-0.39, 0.29) is 16.2 Å². The van der Waals surface area contributed by atoms with Gasteiger partial charge in [0.15, 0.2) is 0 Å². The van der Waals surface area contributed by atoms with Crippen molar-refractivity contribution in [3.8, 4) is 0 Å². The maximum Gasteiger partial charge on any atom is 0.355 e. The number of hydrogen-bond acceptors (Lipinski definition) is 4. The summed E-state index contributed by atoms with van der Waals surface area (Å²) in [5.41, 5.74) is 0.0325. The van der Waals surface area contributed by atoms with Gasteiger partial charge >= 0.3 is 5.97 Å². The van der Waals surface area contributed by atoms with Gasteiger partial charge in [-0.15, -0.1) is 0 Å². The van der Waals surface area contributed by atoms with E-state index < -0.39 is 33.7 Å². The topological polar surface area (TPSA) is 68.6 Å². The number of nitrogens with zero attached hydrogens (tertiary/aromatic N) is 2. The van der Waals surface area contributed by atoms with Gasteiger partial charge < -0.3 is 9.30 Å². The van der Waals surface area contributed by atoms with Crippen LogP contribution >= 0.6 is 0 Å². The highest BCUT2D eigenvalue weighted by Crippen LogP contribution is 2.24. The molecule has 2 aromatic rings. The fourth-order valence-electron chi connectivity index (χ4n) is 2.71. The van der Waals surface area contributed by atoms with Crippen LogP contribution in [0.2, 0.25) is 0 Å². The minimum absolute atomic E-state index is 0.00935. The number of rotatable bonds is 7. The monoisotopic (exact) mass is 400 g/mol. The molecule has 0 amide bonds. The zero-order valence-corrected chi connectivity index (χ0v) is 16.4. The van der Waals surface area contributed by atoms with Gasteiger partial charge in [0, 0.05) is 38.0 Å². The fourth-order valence-corrected chi connectivity index (χ4v) is 4.24. The first-order valence-corrected chi connectivity index (χ1v) is 9.88. The minimum Gasteiger partial charge on any atom is -0.453 e. The Morgan fingerprint density at radius 2 is 1.85 bits per heavy atom. The van der Waals surface area contributed by atoms with E-state index in [9.17, 15) is 22.0 Å². The molecule has 1 aromatic heterocycles. The quantitative estimate of drug-likeness (QED) is 0.669. The maximum atomic E-state index is 13.8. The third-order valence-corrected chi connectivity index (χ3v) is 6.23. The number of carbonyl (C=O) groups is 1. The minimum atomic E-state index is -3.73. The van der Waals surface area contributed by atoms with Crippen molar-refractivity contribution in [2.24, 2.45) is 7.05 Å². The molecule has 0 saturated carbocycles. The molecule has 1 heterocycles. The molecule has 0 fully saturated rings. The molecular formula is C18H22F2N2O4S. The molecule has 9 heteroatoms. The summed E-state index contributed by atoms with van der Waals surface area (Å²) in [6.45, 7) is 5.49. The van der Waals surface area contributed by atoms with Gasteiger partial charge in [-0.25, -0.2) is 22.0 Å². The standard InChI is InChI=1S/C18H22F2N2O4S/c1-5-22(6-2)27(24,25)14-10-17(21(4)11-14)18(23)26-12(3)15-8-7-13(19)9-16(15)20/h7-12H,5-6H2,1-4H3. The summed E-state index contributed by atoms with van der Waals surface area (Å²) in [6, 6.07) is 4.20. The Kier molecular flexibility index (Phi) is 6.38. The average molecular weight is 400 g/mol. The average Bonchev–Trinajstić information content (AvgIpc) is 2.98. The second kappa shape index (κ2) is 8.18. The van der Waals surface area contributed by atoms with Gasteiger partial charge in [-0.1, -0.05) is 13.8 Å². The summed E-state index contributed by atoms with van der Waals surface area (Å²) in [7, 11) is -2.21. The lowest BCUT2D eigenvalue weighted by molar-refractivity contribution is 0.0320. The number of carbonyl (C=O) groups excluding carboxylic acids is 1. The van der Waals surface area contributed by atoms with Crippen LogP contribution < -0.4 is 0 Å².